The number of carboxylic acids is 1. The Morgan fingerprint density at radius 2 is 2.18 bits per heavy atom. The standard InChI is InChI=1S/C13H15FO3/c14-7-8-1-4-12(15)11(5-8)10(6-13(16)17)9-2-3-9/h1,4-5,9-10,15H,2-3,6-7H2,(H,16,17). The van der Waals surface area contributed by atoms with Crippen LogP contribution in [-0.4, -0.2) is 16.2 Å². The van der Waals surface area contributed by atoms with E-state index in [-0.39, 0.29) is 18.1 Å². The van der Waals surface area contributed by atoms with E-state index in [4.69, 9.17) is 5.11 Å². The molecular formula is C13H15FO3. The molecule has 0 spiro atoms. The Balaban J connectivity index is 2.30. The second kappa shape index (κ2) is 4.73. The largest absolute Gasteiger partial charge is 0.508 e. The lowest BCUT2D eigenvalue weighted by Crippen LogP contribution is -2.09. The van der Waals surface area contributed by atoms with Gasteiger partial charge in [0.2, 0.25) is 0 Å². The van der Waals surface area contributed by atoms with Crippen LogP contribution in [0.25, 0.3) is 0 Å². The van der Waals surface area contributed by atoms with Crippen molar-refractivity contribution in [1.82, 2.24) is 0 Å². The molecule has 1 aliphatic carbocycles. The number of halogens is 1. The topological polar surface area (TPSA) is 57.5 Å². The van der Waals surface area contributed by atoms with Gasteiger partial charge in [0.1, 0.15) is 12.4 Å². The second-order valence-electron chi connectivity index (χ2n) is 4.57. The minimum atomic E-state index is -0.882. The van der Waals surface area contributed by atoms with Crippen molar-refractivity contribution in [2.45, 2.75) is 31.9 Å². The van der Waals surface area contributed by atoms with Crippen LogP contribution in [0.3, 0.4) is 0 Å². The van der Waals surface area contributed by atoms with Crippen LogP contribution >= 0.6 is 0 Å². The third-order valence-electron chi connectivity index (χ3n) is 3.23. The van der Waals surface area contributed by atoms with Crippen molar-refractivity contribution < 1.29 is 19.4 Å². The molecule has 0 saturated heterocycles. The Morgan fingerprint density at radius 3 is 2.71 bits per heavy atom. The van der Waals surface area contributed by atoms with Crippen LogP contribution in [0.4, 0.5) is 4.39 Å². The maximum Gasteiger partial charge on any atom is 0.303 e. The average molecular weight is 238 g/mol. The smallest absolute Gasteiger partial charge is 0.303 e. The van der Waals surface area contributed by atoms with E-state index < -0.39 is 12.6 Å². The Labute approximate surface area is 98.9 Å². The summed E-state index contributed by atoms with van der Waals surface area (Å²) in [5.74, 6) is -0.696. The highest BCUT2D eigenvalue weighted by Gasteiger charge is 2.35. The molecule has 0 aliphatic heterocycles. The molecule has 2 rings (SSSR count). The van der Waals surface area contributed by atoms with Gasteiger partial charge in [0, 0.05) is 5.92 Å². The van der Waals surface area contributed by atoms with Crippen LogP contribution in [0, 0.1) is 5.92 Å². The zero-order valence-electron chi connectivity index (χ0n) is 9.40. The first-order valence-corrected chi connectivity index (χ1v) is 5.71. The fraction of sp³-hybridized carbons (Fsp3) is 0.462. The van der Waals surface area contributed by atoms with Gasteiger partial charge in [0.05, 0.1) is 6.42 Å². The number of phenols is 1. The highest BCUT2D eigenvalue weighted by molar-refractivity contribution is 5.68. The first-order chi connectivity index (χ1) is 8.11. The molecule has 0 aromatic heterocycles. The molecule has 1 atom stereocenters. The van der Waals surface area contributed by atoms with Gasteiger partial charge in [-0.15, -0.1) is 0 Å². The van der Waals surface area contributed by atoms with Crippen molar-refractivity contribution in [2.75, 3.05) is 0 Å². The van der Waals surface area contributed by atoms with E-state index in [1.165, 1.54) is 12.1 Å². The van der Waals surface area contributed by atoms with Gasteiger partial charge in [0.25, 0.3) is 0 Å². The number of alkyl halides is 1. The molecule has 17 heavy (non-hydrogen) atoms. The normalized spacial score (nSPS) is 16.8. The number of phenolic OH excluding ortho intramolecular Hbond substituents is 1. The maximum absolute atomic E-state index is 12.6. The van der Waals surface area contributed by atoms with Crippen molar-refractivity contribution in [3.8, 4) is 5.75 Å². The van der Waals surface area contributed by atoms with Crippen LogP contribution in [0.1, 0.15) is 36.3 Å². The molecular weight excluding hydrogens is 223 g/mol. The van der Waals surface area contributed by atoms with E-state index in [1.54, 1.807) is 6.07 Å². The molecule has 0 amide bonds. The van der Waals surface area contributed by atoms with Gasteiger partial charge in [-0.05, 0) is 42.0 Å². The Bertz CT molecular complexity index is 427. The first kappa shape index (κ1) is 11.9. The summed E-state index contributed by atoms with van der Waals surface area (Å²) >= 11 is 0. The monoisotopic (exact) mass is 238 g/mol. The van der Waals surface area contributed by atoms with Crippen molar-refractivity contribution in [3.05, 3.63) is 29.3 Å². The predicted molar refractivity (Wildman–Crippen MR) is 60.6 cm³/mol. The molecule has 92 valence electrons. The van der Waals surface area contributed by atoms with Crippen LogP contribution < -0.4 is 0 Å². The predicted octanol–water partition coefficient (Wildman–Crippen LogP) is 2.83. The fourth-order valence-corrected chi connectivity index (χ4v) is 2.20. The second-order valence-corrected chi connectivity index (χ2v) is 4.57. The SMILES string of the molecule is O=C(O)CC(c1cc(CF)ccc1O)C1CC1. The molecule has 0 bridgehead atoms. The van der Waals surface area contributed by atoms with Gasteiger partial charge in [-0.3, -0.25) is 4.79 Å². The van der Waals surface area contributed by atoms with E-state index in [0.717, 1.165) is 12.8 Å². The van der Waals surface area contributed by atoms with E-state index in [1.807, 2.05) is 0 Å². The Hall–Kier alpha value is -1.58. The molecule has 4 heteroatoms. The number of carboxylic acid groups (broad SMARTS) is 1. The molecule has 1 aromatic carbocycles. The summed E-state index contributed by atoms with van der Waals surface area (Å²) in [6.45, 7) is -0.599. The number of aliphatic carboxylic acids is 1. The van der Waals surface area contributed by atoms with Crippen LogP contribution in [0.5, 0.6) is 5.75 Å². The van der Waals surface area contributed by atoms with Crippen molar-refractivity contribution in [3.63, 3.8) is 0 Å². The molecule has 1 unspecified atom stereocenters. The summed E-state index contributed by atoms with van der Waals surface area (Å²) in [4.78, 5) is 10.8. The zero-order valence-corrected chi connectivity index (χ0v) is 9.40. The molecule has 0 radical (unpaired) electrons. The zero-order chi connectivity index (χ0) is 12.4. The van der Waals surface area contributed by atoms with Crippen molar-refractivity contribution in [2.24, 2.45) is 5.92 Å². The van der Waals surface area contributed by atoms with Gasteiger partial charge in [0.15, 0.2) is 0 Å². The van der Waals surface area contributed by atoms with E-state index in [0.29, 0.717) is 17.0 Å². The summed E-state index contributed by atoms with van der Waals surface area (Å²) in [7, 11) is 0. The lowest BCUT2D eigenvalue weighted by molar-refractivity contribution is -0.137. The van der Waals surface area contributed by atoms with Gasteiger partial charge >= 0.3 is 5.97 Å². The molecule has 2 N–H and O–H groups in total. The Morgan fingerprint density at radius 1 is 1.47 bits per heavy atom. The minimum Gasteiger partial charge on any atom is -0.508 e. The molecule has 0 heterocycles. The third-order valence-corrected chi connectivity index (χ3v) is 3.23. The van der Waals surface area contributed by atoms with Crippen molar-refractivity contribution in [1.29, 1.82) is 0 Å². The van der Waals surface area contributed by atoms with Crippen molar-refractivity contribution >= 4 is 5.97 Å². The molecule has 1 aromatic rings. The van der Waals surface area contributed by atoms with Gasteiger partial charge in [-0.25, -0.2) is 4.39 Å². The van der Waals surface area contributed by atoms with E-state index in [9.17, 15) is 14.3 Å². The Kier molecular flexibility index (Phi) is 3.31. The van der Waals surface area contributed by atoms with Gasteiger partial charge < -0.3 is 10.2 Å². The first-order valence-electron chi connectivity index (χ1n) is 5.71. The molecule has 1 saturated carbocycles. The number of benzene rings is 1. The molecule has 1 fully saturated rings. The molecule has 1 aliphatic rings. The highest BCUT2D eigenvalue weighted by atomic mass is 19.1. The highest BCUT2D eigenvalue weighted by Crippen LogP contribution is 2.46. The van der Waals surface area contributed by atoms with E-state index >= 15 is 0 Å². The third kappa shape index (κ3) is 2.75. The quantitative estimate of drug-likeness (QED) is 0.829. The maximum atomic E-state index is 12.6. The fourth-order valence-electron chi connectivity index (χ4n) is 2.20. The summed E-state index contributed by atoms with van der Waals surface area (Å²) < 4.78 is 12.6. The summed E-state index contributed by atoms with van der Waals surface area (Å²) in [5.41, 5.74) is 1.05. The van der Waals surface area contributed by atoms with Crippen LogP contribution in [0.15, 0.2) is 18.2 Å². The van der Waals surface area contributed by atoms with Gasteiger partial charge in [-0.1, -0.05) is 6.07 Å². The summed E-state index contributed by atoms with van der Waals surface area (Å²) in [6.07, 6.45) is 1.96. The van der Waals surface area contributed by atoms with Gasteiger partial charge in [-0.2, -0.15) is 0 Å². The lowest BCUT2D eigenvalue weighted by Gasteiger charge is -2.16. The minimum absolute atomic E-state index is 0.00599. The number of hydrogen-bond donors (Lipinski definition) is 2. The summed E-state index contributed by atoms with van der Waals surface area (Å²) in [6, 6.07) is 4.55. The average Bonchev–Trinajstić information content (AvgIpc) is 3.10. The van der Waals surface area contributed by atoms with Crippen LogP contribution in [-0.2, 0) is 11.5 Å². The summed E-state index contributed by atoms with van der Waals surface area (Å²) in [5, 5.41) is 18.7. The number of carbonyl (C=O) groups is 1. The number of hydrogen-bond acceptors (Lipinski definition) is 2. The lowest BCUT2D eigenvalue weighted by atomic mass is 9.89. The number of rotatable bonds is 5. The molecule has 3 nitrogen and oxygen atoms in total. The van der Waals surface area contributed by atoms with Crippen LogP contribution in [0.2, 0.25) is 0 Å². The number of aromatic hydroxyl groups is 1. The van der Waals surface area contributed by atoms with E-state index in [2.05, 4.69) is 0 Å².